The van der Waals surface area contributed by atoms with Gasteiger partial charge in [-0.15, -0.1) is 11.3 Å². The highest BCUT2D eigenvalue weighted by Gasteiger charge is 2.36. The largest absolute Gasteiger partial charge is 0.478 e. The van der Waals surface area contributed by atoms with Crippen LogP contribution in [0.4, 0.5) is 24.5 Å². The van der Waals surface area contributed by atoms with E-state index in [2.05, 4.69) is 28.9 Å². The monoisotopic (exact) mass is 567 g/mol. The normalized spacial score (nSPS) is 16.3. The van der Waals surface area contributed by atoms with Crippen molar-refractivity contribution in [2.24, 2.45) is 5.41 Å². The Labute approximate surface area is 223 Å². The summed E-state index contributed by atoms with van der Waals surface area (Å²) in [7, 11) is -2.77. The molecule has 0 amide bonds. The van der Waals surface area contributed by atoms with Gasteiger partial charge in [0, 0.05) is 18.0 Å². The minimum absolute atomic E-state index is 0.0449. The first-order chi connectivity index (χ1) is 17.7. The smallest absolute Gasteiger partial charge is 0.417 e. The minimum Gasteiger partial charge on any atom is -0.478 e. The van der Waals surface area contributed by atoms with E-state index in [-0.39, 0.29) is 38.8 Å². The summed E-state index contributed by atoms with van der Waals surface area (Å²) in [4.78, 5) is 15.2. The lowest BCUT2D eigenvalue weighted by Gasteiger charge is -2.34. The lowest BCUT2D eigenvalue weighted by atomic mass is 9.71. The van der Waals surface area contributed by atoms with Crippen molar-refractivity contribution >= 4 is 38.7 Å². The van der Waals surface area contributed by atoms with Gasteiger partial charge < -0.3 is 10.4 Å². The quantitative estimate of drug-likeness (QED) is 0.282. The van der Waals surface area contributed by atoms with Crippen molar-refractivity contribution in [1.29, 1.82) is 0 Å². The Hall–Kier alpha value is -3.12. The topological polar surface area (TPSA) is 108 Å². The molecule has 0 spiro atoms. The Kier molecular flexibility index (Phi) is 7.50. The fourth-order valence-corrected chi connectivity index (χ4v) is 6.86. The summed E-state index contributed by atoms with van der Waals surface area (Å²) >= 11 is 0.804. The van der Waals surface area contributed by atoms with Gasteiger partial charge in [-0.2, -0.15) is 21.6 Å². The van der Waals surface area contributed by atoms with Crippen LogP contribution in [0.25, 0.3) is 10.6 Å². The molecule has 7 nitrogen and oxygen atoms in total. The van der Waals surface area contributed by atoms with Crippen molar-refractivity contribution in [3.05, 3.63) is 58.5 Å². The maximum Gasteiger partial charge on any atom is 0.417 e. The third kappa shape index (κ3) is 5.96. The third-order valence-electron chi connectivity index (χ3n) is 6.93. The molecule has 1 heterocycles. The number of hydrogen-bond acceptors (Lipinski definition) is 6. The van der Waals surface area contributed by atoms with E-state index in [9.17, 15) is 26.4 Å². The summed E-state index contributed by atoms with van der Waals surface area (Å²) < 4.78 is 70.6. The van der Waals surface area contributed by atoms with Crippen LogP contribution in [0.2, 0.25) is 0 Å². The highest BCUT2D eigenvalue weighted by molar-refractivity contribution is 7.92. The Balaban J connectivity index is 1.64. The number of sulfonamides is 1. The molecule has 1 aliphatic rings. The van der Waals surface area contributed by atoms with Crippen LogP contribution < -0.4 is 10.0 Å². The van der Waals surface area contributed by atoms with E-state index in [1.165, 1.54) is 42.8 Å². The summed E-state index contributed by atoms with van der Waals surface area (Å²) in [6.45, 7) is 4.34. The van der Waals surface area contributed by atoms with Crippen LogP contribution in [-0.4, -0.2) is 31.5 Å². The summed E-state index contributed by atoms with van der Waals surface area (Å²) in [5.74, 6) is -1.14. The third-order valence-corrected chi connectivity index (χ3v) is 9.20. The maximum atomic E-state index is 14.1. The van der Waals surface area contributed by atoms with Gasteiger partial charge in [0.25, 0.3) is 10.0 Å². The lowest BCUT2D eigenvalue weighted by Crippen LogP contribution is -2.20. The molecule has 1 fully saturated rings. The van der Waals surface area contributed by atoms with Crippen LogP contribution >= 0.6 is 11.3 Å². The van der Waals surface area contributed by atoms with E-state index in [1.807, 2.05) is 0 Å². The molecule has 38 heavy (non-hydrogen) atoms. The predicted octanol–water partition coefficient (Wildman–Crippen LogP) is 7.05. The zero-order valence-corrected chi connectivity index (χ0v) is 22.6. The Morgan fingerprint density at radius 2 is 1.79 bits per heavy atom. The van der Waals surface area contributed by atoms with Gasteiger partial charge in [0.05, 0.1) is 22.5 Å². The van der Waals surface area contributed by atoms with Crippen LogP contribution in [-0.2, 0) is 16.2 Å². The summed E-state index contributed by atoms with van der Waals surface area (Å²) in [6.07, 6.45) is -1.13. The van der Waals surface area contributed by atoms with Crippen molar-refractivity contribution < 1.29 is 31.5 Å². The number of benzene rings is 2. The fraction of sp³-hybridized carbons (Fsp3) is 0.385. The number of carboxylic acids is 1. The number of carbonyl (C=O) groups is 1. The van der Waals surface area contributed by atoms with Gasteiger partial charge in [-0.3, -0.25) is 4.72 Å². The van der Waals surface area contributed by atoms with Crippen LogP contribution in [0, 0.1) is 5.41 Å². The average Bonchev–Trinajstić information content (AvgIpc) is 3.34. The van der Waals surface area contributed by atoms with Gasteiger partial charge in [-0.05, 0) is 66.8 Å². The maximum absolute atomic E-state index is 14.1. The SMILES string of the molecule is CNc1cc(C(=O)O)ccc1NS(=O)(=O)c1csc(-c2ccc(C3CCC(C)(C)CC3)cc2C(F)(F)F)n1. The summed E-state index contributed by atoms with van der Waals surface area (Å²) in [6, 6.07) is 8.02. The molecule has 0 unspecified atom stereocenters. The van der Waals surface area contributed by atoms with Crippen molar-refractivity contribution in [2.75, 3.05) is 17.1 Å². The fourth-order valence-electron chi connectivity index (χ4n) is 4.65. The number of aromatic carboxylic acids is 1. The Morgan fingerprint density at radius 3 is 2.39 bits per heavy atom. The number of aromatic nitrogens is 1. The van der Waals surface area contributed by atoms with Crippen molar-refractivity contribution in [1.82, 2.24) is 4.98 Å². The number of rotatable bonds is 7. The standard InChI is InChI=1S/C26H28F3N3O4S2/c1-25(2)10-8-15(9-11-25)16-4-6-18(19(12-16)26(27,28)29)23-31-22(14-37-23)38(35,36)32-20-7-5-17(24(33)34)13-21(20)30-3/h4-7,12-15,30,32H,8-11H2,1-3H3,(H,33,34). The Morgan fingerprint density at radius 1 is 1.11 bits per heavy atom. The van der Waals surface area contributed by atoms with E-state index >= 15 is 0 Å². The minimum atomic E-state index is -4.64. The first kappa shape index (κ1) is 27.9. The van der Waals surface area contributed by atoms with Gasteiger partial charge in [-0.25, -0.2) is 9.78 Å². The molecular weight excluding hydrogens is 539 g/mol. The Bertz CT molecular complexity index is 1460. The van der Waals surface area contributed by atoms with Crippen molar-refractivity contribution in [3.63, 3.8) is 0 Å². The van der Waals surface area contributed by atoms with E-state index in [4.69, 9.17) is 5.11 Å². The van der Waals surface area contributed by atoms with Gasteiger partial charge in [-0.1, -0.05) is 26.0 Å². The number of nitrogens with one attached hydrogen (secondary N) is 2. The first-order valence-electron chi connectivity index (χ1n) is 12.0. The molecule has 204 valence electrons. The number of alkyl halides is 3. The van der Waals surface area contributed by atoms with E-state index < -0.39 is 32.8 Å². The summed E-state index contributed by atoms with van der Waals surface area (Å²) in [5.41, 5.74) is 0.0403. The summed E-state index contributed by atoms with van der Waals surface area (Å²) in [5, 5.41) is 12.6. The number of carboxylic acid groups (broad SMARTS) is 1. The molecule has 12 heteroatoms. The lowest BCUT2D eigenvalue weighted by molar-refractivity contribution is -0.137. The van der Waals surface area contributed by atoms with Gasteiger partial charge in [0.15, 0.2) is 5.03 Å². The number of nitrogens with zero attached hydrogens (tertiary/aromatic N) is 1. The molecule has 0 aliphatic heterocycles. The molecular formula is C26H28F3N3O4S2. The highest BCUT2D eigenvalue weighted by Crippen LogP contribution is 2.45. The molecule has 0 radical (unpaired) electrons. The molecule has 3 N–H and O–H groups in total. The molecule has 2 aromatic carbocycles. The van der Waals surface area contributed by atoms with Gasteiger partial charge in [0.1, 0.15) is 5.01 Å². The predicted molar refractivity (Wildman–Crippen MR) is 141 cm³/mol. The number of anilines is 2. The molecule has 1 aromatic heterocycles. The second-order valence-corrected chi connectivity index (χ2v) is 12.6. The molecule has 3 aromatic rings. The molecule has 1 aliphatic carbocycles. The molecule has 0 bridgehead atoms. The molecule has 1 saturated carbocycles. The van der Waals surface area contributed by atoms with Crippen LogP contribution in [0.15, 0.2) is 46.8 Å². The highest BCUT2D eigenvalue weighted by atomic mass is 32.2. The zero-order valence-electron chi connectivity index (χ0n) is 21.0. The van der Waals surface area contributed by atoms with Crippen molar-refractivity contribution in [2.45, 2.75) is 56.7 Å². The van der Waals surface area contributed by atoms with Crippen LogP contribution in [0.1, 0.15) is 66.9 Å². The second kappa shape index (κ2) is 10.2. The zero-order chi connectivity index (χ0) is 27.9. The van der Waals surface area contributed by atoms with E-state index in [0.29, 0.717) is 5.56 Å². The average molecular weight is 568 g/mol. The van der Waals surface area contributed by atoms with Gasteiger partial charge >= 0.3 is 12.1 Å². The number of hydrogen-bond donors (Lipinski definition) is 3. The van der Waals surface area contributed by atoms with E-state index in [1.54, 1.807) is 6.07 Å². The molecule has 4 rings (SSSR count). The van der Waals surface area contributed by atoms with Crippen LogP contribution in [0.3, 0.4) is 0 Å². The number of halogens is 3. The van der Waals surface area contributed by atoms with Crippen molar-refractivity contribution in [3.8, 4) is 10.6 Å². The van der Waals surface area contributed by atoms with Crippen LogP contribution in [0.5, 0.6) is 0 Å². The molecule has 0 saturated heterocycles. The second-order valence-electron chi connectivity index (χ2n) is 10.2. The number of thiazole rings is 1. The molecule has 0 atom stereocenters. The van der Waals surface area contributed by atoms with Gasteiger partial charge in [0.2, 0.25) is 0 Å². The van der Waals surface area contributed by atoms with E-state index in [0.717, 1.165) is 37.0 Å². The first-order valence-corrected chi connectivity index (χ1v) is 14.3.